The van der Waals surface area contributed by atoms with Gasteiger partial charge in [0.15, 0.2) is 0 Å². The molecule has 0 rings (SSSR count). The molecular weight excluding hydrogens is 1990 g/mol. The van der Waals surface area contributed by atoms with E-state index >= 15 is 33.6 Å². The number of hydrogen-bond donors (Lipinski definition) is 0. The summed E-state index contributed by atoms with van der Waals surface area (Å²) in [6.07, 6.45) is -76.4. The summed E-state index contributed by atoms with van der Waals surface area (Å²) < 4.78 is 454. The maximum absolute atomic E-state index is 15.7. The van der Waals surface area contributed by atoms with E-state index in [-0.39, 0.29) is 29.4 Å². The van der Waals surface area contributed by atoms with Crippen LogP contribution in [-0.4, -0.2) is 365 Å². The minimum atomic E-state index is -8.49. The predicted molar refractivity (Wildman–Crippen MR) is 417 cm³/mol. The summed E-state index contributed by atoms with van der Waals surface area (Å²) in [5.41, 5.74) is -43.7. The van der Waals surface area contributed by atoms with Gasteiger partial charge in [0.25, 0.3) is 0 Å². The first-order valence-electron chi connectivity index (χ1n) is 40.4. The van der Waals surface area contributed by atoms with Crippen LogP contribution >= 0.6 is 0 Å². The van der Waals surface area contributed by atoms with Crippen LogP contribution in [0.15, 0.2) is 0 Å². The molecule has 0 heterocycles. The van der Waals surface area contributed by atoms with E-state index in [1.807, 2.05) is 0 Å². The summed E-state index contributed by atoms with van der Waals surface area (Å²) in [5.74, 6) is -27.2. The molecule has 0 bridgehead atoms. The highest BCUT2D eigenvalue weighted by Crippen LogP contribution is 2.60. The second kappa shape index (κ2) is 46.6. The number of hydrogen-bond acceptors (Lipinski definition) is 27. The molecule has 0 aliphatic carbocycles. The molecule has 0 saturated heterocycles. The van der Waals surface area contributed by atoms with Gasteiger partial charge in [-0.1, -0.05) is 0 Å². The van der Waals surface area contributed by atoms with E-state index in [1.54, 1.807) is 0 Å². The first-order chi connectivity index (χ1) is 61.7. The summed E-state index contributed by atoms with van der Waals surface area (Å²) in [6.45, 7) is -16.7. The van der Waals surface area contributed by atoms with Crippen molar-refractivity contribution in [1.82, 2.24) is 34.3 Å². The van der Waals surface area contributed by atoms with E-state index in [0.717, 1.165) is 0 Å². The summed E-state index contributed by atoms with van der Waals surface area (Å²) in [6, 6.07) is 0. The van der Waals surface area contributed by atoms with E-state index in [0.29, 0.717) is 0 Å². The maximum Gasteiger partial charge on any atom is 0.435 e. The summed E-state index contributed by atoms with van der Waals surface area (Å²) in [4.78, 5) is 215. The average Bonchev–Trinajstić information content (AvgIpc) is 0.748. The van der Waals surface area contributed by atoms with Gasteiger partial charge in [-0.05, 0) is 166 Å². The molecule has 0 fully saturated rings. The van der Waals surface area contributed by atoms with Crippen molar-refractivity contribution in [3.63, 3.8) is 0 Å². The Morgan fingerprint density at radius 1 is 0.171 bits per heavy atom. The Morgan fingerprint density at radius 3 is 0.400 bits per heavy atom. The average molecular weight is 2100 g/mol. The topological polar surface area (TPSA) is 389 Å². The van der Waals surface area contributed by atoms with Crippen LogP contribution in [-0.2, 0) is 129 Å². The molecule has 34 nitrogen and oxygen atoms in total. The molecule has 812 valence electrons. The fourth-order valence-electron chi connectivity index (χ4n) is 11.1. The molecule has 61 heteroatoms. The molecule has 0 aromatic heterocycles. The highest BCUT2D eigenvalue weighted by atomic mass is 19.5. The van der Waals surface area contributed by atoms with E-state index in [9.17, 15) is 157 Å². The maximum atomic E-state index is 15.7. The van der Waals surface area contributed by atoms with Crippen molar-refractivity contribution >= 4 is 89.1 Å². The highest BCUT2D eigenvalue weighted by molar-refractivity contribution is 5.98. The molecule has 0 aromatic rings. The summed E-state index contributed by atoms with van der Waals surface area (Å²) >= 11 is 0. The molecule has 0 unspecified atom stereocenters. The molecule has 7 amide bonds. The number of rotatable bonds is 41. The molecule has 0 spiro atoms. The van der Waals surface area contributed by atoms with Crippen molar-refractivity contribution in [2.45, 2.75) is 283 Å². The highest BCUT2D eigenvalue weighted by Gasteiger charge is 2.89. The Labute approximate surface area is 782 Å². The number of ether oxygens (including phenoxy) is 12. The van der Waals surface area contributed by atoms with Crippen LogP contribution in [0, 0.1) is 5.41 Å². The largest absolute Gasteiger partial charge is 0.459 e. The number of alkyl halides is 27. The lowest BCUT2D eigenvalue weighted by Gasteiger charge is -2.45. The number of nitrogens with zero attached hydrogens (tertiary/aromatic N) is 7. The van der Waals surface area contributed by atoms with Gasteiger partial charge in [0.1, 0.15) is 143 Å². The van der Waals surface area contributed by atoms with Crippen LogP contribution in [0.5, 0.6) is 0 Å². The summed E-state index contributed by atoms with van der Waals surface area (Å²) in [5, 5.41) is 0. The van der Waals surface area contributed by atoms with Crippen molar-refractivity contribution in [2.24, 2.45) is 5.41 Å². The number of amides is 7. The summed E-state index contributed by atoms with van der Waals surface area (Å²) in [7, 11) is 0. The van der Waals surface area contributed by atoms with Crippen LogP contribution in [0.4, 0.5) is 119 Å². The third-order valence-electron chi connectivity index (χ3n) is 16.4. The van der Waals surface area contributed by atoms with Gasteiger partial charge in [0, 0.05) is 0 Å². The normalized spacial score (nSPS) is 13.8. The molecule has 140 heavy (non-hydrogen) atoms. The molecule has 0 aliphatic rings. The Bertz CT molecular complexity index is 3630. The zero-order valence-electron chi connectivity index (χ0n) is 79.8. The van der Waals surface area contributed by atoms with Gasteiger partial charge in [-0.25, -0.2) is 0 Å². The monoisotopic (exact) mass is 2100 g/mol. The Balaban J connectivity index is 11.2. The van der Waals surface area contributed by atoms with E-state index in [1.165, 1.54) is 166 Å². The number of carbonyl (C=O) groups is 15. The van der Waals surface area contributed by atoms with Crippen LogP contribution in [0.1, 0.15) is 166 Å². The molecule has 0 atom stereocenters. The quantitative estimate of drug-likeness (QED) is 0.0312. The van der Waals surface area contributed by atoms with Crippen molar-refractivity contribution in [2.75, 3.05) is 125 Å². The van der Waals surface area contributed by atoms with Gasteiger partial charge in [-0.2, -0.15) is 119 Å². The second-order valence-electron chi connectivity index (χ2n) is 38.8. The Kier molecular flexibility index (Phi) is 43.3. The Hall–Kier alpha value is -10.0. The van der Waals surface area contributed by atoms with Crippen LogP contribution in [0.2, 0.25) is 0 Å². The third kappa shape index (κ3) is 41.5. The molecule has 0 N–H and O–H groups in total. The minimum absolute atomic E-state index is 0.123. The number of halogens is 27. The SMILES string of the molecule is CC(C)(C)OC(=O)CN(CC(=O)OC(C)(C)C)C(=O)CN(CC(=O)N(CC(=O)OC(C)(C)C)CC(=O)OC(C)(C)C)C(=O)CN(CC(=O)N(CC(=O)N(CC(=O)OC(C)(C)C)CC(=O)OC(C)(C)C)CC(=O)N(CC(=O)OC(C)(C)C)CC(=O)OC(C)(C)C)C(=O)COCC(COC(C(F)(F)F)(C(F)(F)F)C(F)(F)F)(COC(C(F)(F)F)(C(F)(F)F)C(F)(F)F)COC(C(F)(F)F)(C(F)(F)F)C(F)(F)F. The standard InChI is InChI=1S/C79H110F27N7O27/c1-59(2,3)133-51(121)31-110(32-52(122)134-60(4,5)6)46(116)25-107(26-47(117)111(33-53(123)135-61(7,8)9)34-54(124)136-62(10,11)12)44(114)29-109(30-45(115)108(27-48(118)112(35-55(125)137-63(13,14)15)36-56(126)138-64(16,17)18)28-49(119)113(37-57(127)139-65(19,20)21)38-58(128)140-66(22,23)24)50(120)39-129-40-67(41-130-68(71(80,81)82,72(83,84)85)73(86,87)88,42-131-69(74(89,90)91,75(92,93)94)76(95,96)97)43-132-70(77(98,99)100,78(101,102)103)79(104,105)106/h25-43H2,1-24H3. The zero-order valence-corrected chi connectivity index (χ0v) is 79.8. The van der Waals surface area contributed by atoms with Crippen molar-refractivity contribution in [3.8, 4) is 0 Å². The number of esters is 8. The molecule has 0 saturated carbocycles. The first kappa shape index (κ1) is 130. The molecular formula is C79H110F27N7O27. The van der Waals surface area contributed by atoms with E-state index in [4.69, 9.17) is 37.9 Å². The lowest BCUT2D eigenvalue weighted by molar-refractivity contribution is -0.474. The molecule has 0 radical (unpaired) electrons. The van der Waals surface area contributed by atoms with Crippen molar-refractivity contribution < 1.29 is 247 Å². The van der Waals surface area contributed by atoms with Gasteiger partial charge >= 0.3 is 120 Å². The van der Waals surface area contributed by atoms with Gasteiger partial charge in [0.2, 0.25) is 41.4 Å². The molecule has 0 aliphatic heterocycles. The van der Waals surface area contributed by atoms with Crippen LogP contribution < -0.4 is 0 Å². The fraction of sp³-hybridized carbons (Fsp3) is 0.810. The van der Waals surface area contributed by atoms with Gasteiger partial charge in [-0.15, -0.1) is 0 Å². The van der Waals surface area contributed by atoms with Gasteiger partial charge in [-0.3, -0.25) is 71.9 Å². The van der Waals surface area contributed by atoms with Crippen LogP contribution in [0.3, 0.4) is 0 Å². The van der Waals surface area contributed by atoms with Crippen molar-refractivity contribution in [3.05, 3.63) is 0 Å². The fourth-order valence-corrected chi connectivity index (χ4v) is 11.1. The van der Waals surface area contributed by atoms with Crippen LogP contribution in [0.25, 0.3) is 0 Å². The molecule has 0 aromatic carbocycles. The minimum Gasteiger partial charge on any atom is -0.459 e. The van der Waals surface area contributed by atoms with Crippen molar-refractivity contribution in [1.29, 1.82) is 0 Å². The smallest absolute Gasteiger partial charge is 0.435 e. The number of carbonyl (C=O) groups excluding carboxylic acids is 15. The van der Waals surface area contributed by atoms with E-state index in [2.05, 4.69) is 18.9 Å². The lowest BCUT2D eigenvalue weighted by atomic mass is 9.89. The Morgan fingerprint density at radius 2 is 0.286 bits per heavy atom. The van der Waals surface area contributed by atoms with Gasteiger partial charge < -0.3 is 91.1 Å². The van der Waals surface area contributed by atoms with Gasteiger partial charge in [0.05, 0.1) is 31.8 Å². The lowest BCUT2D eigenvalue weighted by Crippen LogP contribution is -2.71. The first-order valence-corrected chi connectivity index (χ1v) is 40.4. The zero-order chi connectivity index (χ0) is 111. The van der Waals surface area contributed by atoms with E-state index < -0.39 is 341 Å². The predicted octanol–water partition coefficient (Wildman–Crippen LogP) is 10.9. The third-order valence-corrected chi connectivity index (χ3v) is 16.4. The second-order valence-corrected chi connectivity index (χ2v) is 38.8.